The molecule has 0 amide bonds. The van der Waals surface area contributed by atoms with Gasteiger partial charge in [-0.2, -0.15) is 0 Å². The molecule has 0 radical (unpaired) electrons. The predicted molar refractivity (Wildman–Crippen MR) is 135 cm³/mol. The number of carbonyl (C=O) groups excluding carboxylic acids is 1. The zero-order chi connectivity index (χ0) is 25.9. The minimum absolute atomic E-state index is 0.0242. The number of aromatic nitrogens is 5. The Kier molecular flexibility index (Phi) is 7.25. The Hall–Kier alpha value is -3.31. The van der Waals surface area contributed by atoms with Crippen LogP contribution in [0, 0.1) is 0 Å². The summed E-state index contributed by atoms with van der Waals surface area (Å²) in [5.41, 5.74) is 1.70. The minimum Gasteiger partial charge on any atom is -0.477 e. The number of nitrogens with zero attached hydrogens (tertiary/aromatic N) is 5. The van der Waals surface area contributed by atoms with Crippen LogP contribution < -0.4 is 4.74 Å². The maximum absolute atomic E-state index is 13.8. The maximum atomic E-state index is 13.8. The second kappa shape index (κ2) is 10.6. The standard InChI is InChI=1S/C26H29N5O5S/c1-2-36-25-16-27-15-21(30-25)18-3-4-19(29-14-18)13-23(32)26(8-11-35-12-9-26)22-7-10-28-24(31-22)17-37(33,34)20-5-6-20/h3-4,7,10,14-16,20H,2,5-6,8-9,11-13,17H2,1H3. The zero-order valence-corrected chi connectivity index (χ0v) is 21.5. The number of Topliss-reactive ketones (excluding diaryl/α,β-unsaturated/α-hetero) is 1. The van der Waals surface area contributed by atoms with E-state index in [0.29, 0.717) is 68.5 Å². The van der Waals surface area contributed by atoms with Gasteiger partial charge in [-0.15, -0.1) is 0 Å². The van der Waals surface area contributed by atoms with Crippen molar-refractivity contribution in [1.82, 2.24) is 24.9 Å². The van der Waals surface area contributed by atoms with Crippen molar-refractivity contribution in [3.8, 4) is 17.1 Å². The van der Waals surface area contributed by atoms with E-state index >= 15 is 0 Å². The third-order valence-electron chi connectivity index (χ3n) is 6.81. The van der Waals surface area contributed by atoms with Crippen molar-refractivity contribution in [2.45, 2.75) is 55.4 Å². The first-order chi connectivity index (χ1) is 17.9. The molecule has 0 bridgehead atoms. The van der Waals surface area contributed by atoms with Crippen LogP contribution in [0.4, 0.5) is 0 Å². The van der Waals surface area contributed by atoms with Crippen molar-refractivity contribution >= 4 is 15.6 Å². The molecule has 2 aliphatic rings. The molecule has 10 nitrogen and oxygen atoms in total. The number of ketones is 1. The Morgan fingerprint density at radius 3 is 2.59 bits per heavy atom. The first-order valence-corrected chi connectivity index (χ1v) is 14.2. The van der Waals surface area contributed by atoms with Gasteiger partial charge >= 0.3 is 0 Å². The van der Waals surface area contributed by atoms with Gasteiger partial charge in [-0.05, 0) is 50.8 Å². The molecule has 4 heterocycles. The number of ether oxygens (including phenoxy) is 2. The Labute approximate surface area is 215 Å². The van der Waals surface area contributed by atoms with E-state index in [1.807, 2.05) is 19.1 Å². The predicted octanol–water partition coefficient (Wildman–Crippen LogP) is 2.66. The number of pyridine rings is 1. The van der Waals surface area contributed by atoms with Crippen LogP contribution in [0.2, 0.25) is 0 Å². The molecular weight excluding hydrogens is 494 g/mol. The Bertz CT molecular complexity index is 1370. The van der Waals surface area contributed by atoms with Crippen molar-refractivity contribution < 1.29 is 22.7 Å². The molecule has 1 aliphatic heterocycles. The molecule has 194 valence electrons. The molecule has 0 N–H and O–H groups in total. The summed E-state index contributed by atoms with van der Waals surface area (Å²) in [4.78, 5) is 35.7. The van der Waals surface area contributed by atoms with E-state index in [2.05, 4.69) is 24.9 Å². The smallest absolute Gasteiger partial charge is 0.232 e. The van der Waals surface area contributed by atoms with E-state index in [1.165, 1.54) is 0 Å². The van der Waals surface area contributed by atoms with Crippen LogP contribution in [-0.2, 0) is 37.0 Å². The lowest BCUT2D eigenvalue weighted by molar-refractivity contribution is -0.127. The van der Waals surface area contributed by atoms with E-state index in [4.69, 9.17) is 9.47 Å². The molecule has 0 atom stereocenters. The summed E-state index contributed by atoms with van der Waals surface area (Å²) in [6.45, 7) is 3.22. The number of rotatable bonds is 10. The lowest BCUT2D eigenvalue weighted by Gasteiger charge is -2.35. The molecule has 11 heteroatoms. The van der Waals surface area contributed by atoms with Crippen molar-refractivity contribution in [2.75, 3.05) is 19.8 Å². The van der Waals surface area contributed by atoms with Crippen molar-refractivity contribution in [3.05, 3.63) is 60.2 Å². The average Bonchev–Trinajstić information content (AvgIpc) is 3.77. The highest BCUT2D eigenvalue weighted by atomic mass is 32.2. The van der Waals surface area contributed by atoms with E-state index in [0.717, 1.165) is 5.56 Å². The molecule has 2 fully saturated rings. The van der Waals surface area contributed by atoms with Gasteiger partial charge in [-0.1, -0.05) is 0 Å². The molecular formula is C26H29N5O5S. The summed E-state index contributed by atoms with van der Waals surface area (Å²) in [5, 5.41) is -0.292. The quantitative estimate of drug-likeness (QED) is 0.390. The van der Waals surface area contributed by atoms with Gasteiger partial charge in [0.15, 0.2) is 15.6 Å². The number of sulfone groups is 1. The van der Waals surface area contributed by atoms with Crippen molar-refractivity contribution in [1.29, 1.82) is 0 Å². The van der Waals surface area contributed by atoms with Crippen LogP contribution in [0.25, 0.3) is 11.3 Å². The molecule has 0 aromatic carbocycles. The molecule has 5 rings (SSSR count). The number of hydrogen-bond donors (Lipinski definition) is 0. The summed E-state index contributed by atoms with van der Waals surface area (Å²) in [7, 11) is -3.27. The van der Waals surface area contributed by atoms with Gasteiger partial charge in [0.05, 0.1) is 41.1 Å². The second-order valence-corrected chi connectivity index (χ2v) is 11.7. The number of carbonyl (C=O) groups is 1. The third kappa shape index (κ3) is 5.67. The molecule has 0 spiro atoms. The van der Waals surface area contributed by atoms with Gasteiger partial charge in [0.2, 0.25) is 5.88 Å². The summed E-state index contributed by atoms with van der Waals surface area (Å²) in [6, 6.07) is 5.39. The van der Waals surface area contributed by atoms with E-state index in [-0.39, 0.29) is 29.0 Å². The molecule has 3 aromatic rings. The van der Waals surface area contributed by atoms with Crippen molar-refractivity contribution in [3.63, 3.8) is 0 Å². The lowest BCUT2D eigenvalue weighted by atomic mass is 9.72. The SMILES string of the molecule is CCOc1cncc(-c2ccc(CC(=O)C3(c4ccnc(CS(=O)(=O)C5CC5)n4)CCOCC3)nc2)n1. The fourth-order valence-corrected chi connectivity index (χ4v) is 6.17. The Morgan fingerprint density at radius 2 is 1.89 bits per heavy atom. The first kappa shape index (κ1) is 25.3. The summed E-state index contributed by atoms with van der Waals surface area (Å²) < 4.78 is 36.0. The van der Waals surface area contributed by atoms with Gasteiger partial charge in [0.1, 0.15) is 11.6 Å². The van der Waals surface area contributed by atoms with Crippen LogP contribution in [0.1, 0.15) is 49.8 Å². The van der Waals surface area contributed by atoms with Crippen LogP contribution in [0.5, 0.6) is 5.88 Å². The molecule has 1 saturated heterocycles. The Balaban J connectivity index is 1.36. The molecule has 37 heavy (non-hydrogen) atoms. The van der Waals surface area contributed by atoms with E-state index < -0.39 is 15.3 Å². The third-order valence-corrected chi connectivity index (χ3v) is 8.95. The van der Waals surface area contributed by atoms with Crippen LogP contribution in [-0.4, -0.2) is 64.2 Å². The summed E-state index contributed by atoms with van der Waals surface area (Å²) >= 11 is 0. The maximum Gasteiger partial charge on any atom is 0.232 e. The van der Waals surface area contributed by atoms with Gasteiger partial charge in [0, 0.05) is 43.3 Å². The van der Waals surface area contributed by atoms with Crippen molar-refractivity contribution in [2.24, 2.45) is 0 Å². The minimum atomic E-state index is -3.27. The van der Waals surface area contributed by atoms with Gasteiger partial charge < -0.3 is 9.47 Å². The Morgan fingerprint density at radius 1 is 1.08 bits per heavy atom. The summed E-state index contributed by atoms with van der Waals surface area (Å²) in [5.74, 6) is 0.447. The van der Waals surface area contributed by atoms with Crippen LogP contribution >= 0.6 is 0 Å². The second-order valence-electron chi connectivity index (χ2n) is 9.37. The van der Waals surface area contributed by atoms with Crippen LogP contribution in [0.15, 0.2) is 43.0 Å². The monoisotopic (exact) mass is 523 g/mol. The molecule has 0 unspecified atom stereocenters. The highest BCUT2D eigenvalue weighted by molar-refractivity contribution is 7.91. The zero-order valence-electron chi connectivity index (χ0n) is 20.7. The average molecular weight is 524 g/mol. The number of hydrogen-bond acceptors (Lipinski definition) is 10. The summed E-state index contributed by atoms with van der Waals surface area (Å²) in [6.07, 6.45) is 8.85. The van der Waals surface area contributed by atoms with E-state index in [9.17, 15) is 13.2 Å². The fourth-order valence-electron chi connectivity index (χ4n) is 4.58. The lowest BCUT2D eigenvalue weighted by Crippen LogP contribution is -2.43. The highest BCUT2D eigenvalue weighted by Crippen LogP contribution is 2.36. The molecule has 3 aromatic heterocycles. The van der Waals surface area contributed by atoms with E-state index in [1.54, 1.807) is 30.9 Å². The van der Waals surface area contributed by atoms with Gasteiger partial charge in [-0.25, -0.2) is 23.4 Å². The topological polar surface area (TPSA) is 134 Å². The van der Waals surface area contributed by atoms with Gasteiger partial charge in [0.25, 0.3) is 0 Å². The molecule has 1 aliphatic carbocycles. The fraction of sp³-hybridized carbons (Fsp3) is 0.462. The highest BCUT2D eigenvalue weighted by Gasteiger charge is 2.43. The molecule has 1 saturated carbocycles. The normalized spacial score (nSPS) is 17.3. The van der Waals surface area contributed by atoms with Gasteiger partial charge in [-0.3, -0.25) is 14.8 Å². The van der Waals surface area contributed by atoms with Crippen LogP contribution in [0.3, 0.4) is 0 Å². The first-order valence-electron chi connectivity index (χ1n) is 12.4. The largest absolute Gasteiger partial charge is 0.477 e.